The van der Waals surface area contributed by atoms with E-state index in [4.69, 9.17) is 9.47 Å². The summed E-state index contributed by atoms with van der Waals surface area (Å²) in [7, 11) is 3.11. The van der Waals surface area contributed by atoms with Crippen LogP contribution in [-0.2, 0) is 0 Å². The lowest BCUT2D eigenvalue weighted by Crippen LogP contribution is -2.32. The molecule has 0 saturated carbocycles. The zero-order valence-corrected chi connectivity index (χ0v) is 14.0. The summed E-state index contributed by atoms with van der Waals surface area (Å²) in [5.74, 6) is 0.969. The van der Waals surface area contributed by atoms with Crippen LogP contribution in [0.5, 0.6) is 11.5 Å². The Bertz CT molecular complexity index is 890. The quantitative estimate of drug-likeness (QED) is 0.865. The van der Waals surface area contributed by atoms with Gasteiger partial charge >= 0.3 is 0 Å². The number of aromatic nitrogens is 1. The van der Waals surface area contributed by atoms with Gasteiger partial charge in [-0.2, -0.15) is 0 Å². The first kappa shape index (κ1) is 15.4. The van der Waals surface area contributed by atoms with Gasteiger partial charge in [-0.1, -0.05) is 6.07 Å². The van der Waals surface area contributed by atoms with Crippen LogP contribution in [0.15, 0.2) is 47.9 Å². The smallest absolute Gasteiger partial charge is 0.260 e. The highest BCUT2D eigenvalue weighted by Crippen LogP contribution is 2.39. The molecule has 0 radical (unpaired) electrons. The number of ether oxygens (including phenoxy) is 2. The molecule has 0 saturated heterocycles. The summed E-state index contributed by atoms with van der Waals surface area (Å²) in [5.41, 5.74) is 3.18. The Hall–Kier alpha value is -3.15. The van der Waals surface area contributed by atoms with Gasteiger partial charge in [0.1, 0.15) is 0 Å². The number of benzene rings is 1. The van der Waals surface area contributed by atoms with E-state index in [9.17, 15) is 4.79 Å². The van der Waals surface area contributed by atoms with Crippen LogP contribution in [0.1, 0.15) is 22.3 Å². The third-order valence-electron chi connectivity index (χ3n) is 4.47. The molecule has 25 heavy (non-hydrogen) atoms. The van der Waals surface area contributed by atoms with E-state index in [1.807, 2.05) is 30.7 Å². The zero-order valence-electron chi connectivity index (χ0n) is 14.0. The molecular formula is C19H17N3O3. The Balaban J connectivity index is 1.75. The predicted octanol–water partition coefficient (Wildman–Crippen LogP) is 3.07. The fraction of sp³-hybridized carbons (Fsp3) is 0.211. The lowest BCUT2D eigenvalue weighted by atomic mass is 10.1. The molecule has 3 heterocycles. The van der Waals surface area contributed by atoms with Crippen molar-refractivity contribution in [2.45, 2.75) is 12.5 Å². The second-order valence-corrected chi connectivity index (χ2v) is 5.88. The minimum absolute atomic E-state index is 0.0997. The van der Waals surface area contributed by atoms with E-state index >= 15 is 0 Å². The minimum Gasteiger partial charge on any atom is -0.493 e. The molecule has 1 aromatic carbocycles. The molecule has 2 aliphatic heterocycles. The fourth-order valence-electron chi connectivity index (χ4n) is 3.17. The van der Waals surface area contributed by atoms with Crippen LogP contribution < -0.4 is 9.47 Å². The fourth-order valence-corrected chi connectivity index (χ4v) is 3.17. The summed E-state index contributed by atoms with van der Waals surface area (Å²) in [5, 5.41) is 0. The van der Waals surface area contributed by atoms with Gasteiger partial charge in [-0.15, -0.1) is 0 Å². The molecule has 2 aliphatic rings. The molecule has 6 heteroatoms. The van der Waals surface area contributed by atoms with Crippen LogP contribution in [0.25, 0.3) is 5.57 Å². The lowest BCUT2D eigenvalue weighted by molar-refractivity contribution is 0.0817. The van der Waals surface area contributed by atoms with Crippen LogP contribution in [0, 0.1) is 0 Å². The SMILES string of the molecule is COc1cc2c(cc1OC)C(=O)N1C=C(c3cccnc3)C[C@H]1C=N2. The average molecular weight is 335 g/mol. The summed E-state index contributed by atoms with van der Waals surface area (Å²) < 4.78 is 10.6. The van der Waals surface area contributed by atoms with Crippen LogP contribution in [0.3, 0.4) is 0 Å². The molecule has 1 aromatic heterocycles. The summed E-state index contributed by atoms with van der Waals surface area (Å²) in [6.45, 7) is 0. The van der Waals surface area contributed by atoms with E-state index in [0.717, 1.165) is 11.1 Å². The van der Waals surface area contributed by atoms with Gasteiger partial charge in [0.2, 0.25) is 0 Å². The first-order valence-corrected chi connectivity index (χ1v) is 7.95. The van der Waals surface area contributed by atoms with Crippen molar-refractivity contribution in [3.05, 3.63) is 54.0 Å². The third-order valence-corrected chi connectivity index (χ3v) is 4.47. The summed E-state index contributed by atoms with van der Waals surface area (Å²) in [6, 6.07) is 7.20. The van der Waals surface area contributed by atoms with Gasteiger partial charge in [0, 0.05) is 37.3 Å². The normalized spacial score (nSPS) is 18.3. The number of amides is 1. The van der Waals surface area contributed by atoms with Crippen LogP contribution in [-0.4, -0.2) is 42.3 Å². The largest absolute Gasteiger partial charge is 0.493 e. The number of rotatable bonds is 3. The molecule has 6 nitrogen and oxygen atoms in total. The van der Waals surface area contributed by atoms with E-state index in [0.29, 0.717) is 29.2 Å². The van der Waals surface area contributed by atoms with E-state index in [1.165, 1.54) is 0 Å². The Kier molecular flexibility index (Phi) is 3.72. The maximum absolute atomic E-state index is 13.1. The first-order chi connectivity index (χ1) is 12.2. The molecule has 4 rings (SSSR count). The molecule has 1 amide bonds. The summed E-state index contributed by atoms with van der Waals surface area (Å²) in [4.78, 5) is 23.5. The zero-order chi connectivity index (χ0) is 17.4. The van der Waals surface area contributed by atoms with E-state index in [-0.39, 0.29) is 11.9 Å². The number of carbonyl (C=O) groups excluding carboxylic acids is 1. The summed E-state index contributed by atoms with van der Waals surface area (Å²) in [6.07, 6.45) is 7.96. The maximum atomic E-state index is 13.1. The van der Waals surface area contributed by atoms with Crippen molar-refractivity contribution in [1.29, 1.82) is 0 Å². The Morgan fingerprint density at radius 2 is 2.00 bits per heavy atom. The Morgan fingerprint density at radius 3 is 2.72 bits per heavy atom. The van der Waals surface area contributed by atoms with Crippen molar-refractivity contribution in [1.82, 2.24) is 9.88 Å². The van der Waals surface area contributed by atoms with Gasteiger partial charge < -0.3 is 14.4 Å². The topological polar surface area (TPSA) is 64.0 Å². The predicted molar refractivity (Wildman–Crippen MR) is 94.5 cm³/mol. The number of nitrogens with zero attached hydrogens (tertiary/aromatic N) is 3. The molecule has 2 aromatic rings. The second kappa shape index (κ2) is 6.05. The van der Waals surface area contributed by atoms with Crippen LogP contribution in [0.4, 0.5) is 5.69 Å². The molecule has 126 valence electrons. The number of methoxy groups -OCH3 is 2. The highest BCUT2D eigenvalue weighted by molar-refractivity contribution is 6.05. The molecule has 0 bridgehead atoms. The molecular weight excluding hydrogens is 318 g/mol. The van der Waals surface area contributed by atoms with Crippen molar-refractivity contribution in [3.63, 3.8) is 0 Å². The molecule has 1 atom stereocenters. The highest BCUT2D eigenvalue weighted by atomic mass is 16.5. The molecule has 0 unspecified atom stereocenters. The minimum atomic E-state index is -0.105. The van der Waals surface area contributed by atoms with Crippen LogP contribution in [0.2, 0.25) is 0 Å². The molecule has 0 aliphatic carbocycles. The number of fused-ring (bicyclic) bond motifs is 2. The molecule has 0 spiro atoms. The van der Waals surface area contributed by atoms with Gasteiger partial charge in [-0.25, -0.2) is 0 Å². The maximum Gasteiger partial charge on any atom is 0.260 e. The van der Waals surface area contributed by atoms with Gasteiger partial charge in [-0.3, -0.25) is 14.8 Å². The van der Waals surface area contributed by atoms with Crippen molar-refractivity contribution >= 4 is 23.4 Å². The van der Waals surface area contributed by atoms with Crippen molar-refractivity contribution in [3.8, 4) is 11.5 Å². The average Bonchev–Trinajstić information content (AvgIpc) is 3.05. The van der Waals surface area contributed by atoms with E-state index in [2.05, 4.69) is 9.98 Å². The third kappa shape index (κ3) is 2.55. The number of carbonyl (C=O) groups is 1. The first-order valence-electron chi connectivity index (χ1n) is 7.95. The van der Waals surface area contributed by atoms with Crippen molar-refractivity contribution in [2.24, 2.45) is 4.99 Å². The van der Waals surface area contributed by atoms with Crippen molar-refractivity contribution < 1.29 is 14.3 Å². The number of aliphatic imine (C=N–C) groups is 1. The second-order valence-electron chi connectivity index (χ2n) is 5.88. The molecule has 0 fully saturated rings. The highest BCUT2D eigenvalue weighted by Gasteiger charge is 2.33. The number of hydrogen-bond acceptors (Lipinski definition) is 5. The Labute approximate surface area is 145 Å². The van der Waals surface area contributed by atoms with E-state index in [1.54, 1.807) is 37.4 Å². The van der Waals surface area contributed by atoms with Gasteiger partial charge in [0.25, 0.3) is 5.91 Å². The standard InChI is InChI=1S/C19H17N3O3/c1-24-17-7-15-16(8-18(17)25-2)21-10-14-6-13(11-22(14)19(15)23)12-4-3-5-20-9-12/h3-5,7-11,14H,6H2,1-2H3/t14-/m0/s1. The van der Waals surface area contributed by atoms with Crippen molar-refractivity contribution in [2.75, 3.05) is 14.2 Å². The molecule has 0 N–H and O–H groups in total. The number of pyridine rings is 1. The summed E-state index contributed by atoms with van der Waals surface area (Å²) >= 11 is 0. The van der Waals surface area contributed by atoms with Gasteiger partial charge in [-0.05, 0) is 23.3 Å². The monoisotopic (exact) mass is 335 g/mol. The van der Waals surface area contributed by atoms with Gasteiger partial charge in [0.15, 0.2) is 11.5 Å². The number of hydrogen-bond donors (Lipinski definition) is 0. The Morgan fingerprint density at radius 1 is 1.20 bits per heavy atom. The van der Waals surface area contributed by atoms with Crippen LogP contribution >= 0.6 is 0 Å². The van der Waals surface area contributed by atoms with Gasteiger partial charge in [0.05, 0.1) is 31.5 Å². The van der Waals surface area contributed by atoms with E-state index < -0.39 is 0 Å². The lowest BCUT2D eigenvalue weighted by Gasteiger charge is -2.18.